The van der Waals surface area contributed by atoms with E-state index >= 15 is 0 Å². The van der Waals surface area contributed by atoms with Gasteiger partial charge in [0.2, 0.25) is 0 Å². The van der Waals surface area contributed by atoms with E-state index in [9.17, 15) is 4.79 Å². The molecule has 1 aromatic heterocycles. The van der Waals surface area contributed by atoms with Gasteiger partial charge in [0, 0.05) is 17.8 Å². The summed E-state index contributed by atoms with van der Waals surface area (Å²) >= 11 is 0. The molecule has 0 atom stereocenters. The Morgan fingerprint density at radius 1 is 1.17 bits per heavy atom. The van der Waals surface area contributed by atoms with E-state index in [0.29, 0.717) is 5.56 Å². The van der Waals surface area contributed by atoms with Crippen LogP contribution in [-0.4, -0.2) is 20.9 Å². The van der Waals surface area contributed by atoms with Gasteiger partial charge in [-0.15, -0.1) is 0 Å². The molecule has 88 valence electrons. The number of hydrogen-bond acceptors (Lipinski definition) is 2. The summed E-state index contributed by atoms with van der Waals surface area (Å²) in [5, 5.41) is 15.0. The van der Waals surface area contributed by atoms with Gasteiger partial charge in [-0.1, -0.05) is 18.2 Å². The Kier molecular flexibility index (Phi) is 2.34. The van der Waals surface area contributed by atoms with E-state index in [2.05, 4.69) is 5.10 Å². The molecule has 0 bridgehead atoms. The third-order valence-corrected chi connectivity index (χ3v) is 2.86. The zero-order valence-electron chi connectivity index (χ0n) is 9.45. The van der Waals surface area contributed by atoms with Crippen LogP contribution in [0, 0.1) is 0 Å². The summed E-state index contributed by atoms with van der Waals surface area (Å²) in [6.07, 6.45) is 3.57. The first-order valence-corrected chi connectivity index (χ1v) is 5.52. The van der Waals surface area contributed by atoms with E-state index < -0.39 is 5.97 Å². The number of fused-ring (bicyclic) bond motifs is 1. The van der Waals surface area contributed by atoms with Crippen molar-refractivity contribution in [3.05, 3.63) is 60.4 Å². The van der Waals surface area contributed by atoms with Crippen LogP contribution in [0.3, 0.4) is 0 Å². The maximum atomic E-state index is 10.9. The predicted molar refractivity (Wildman–Crippen MR) is 68.0 cm³/mol. The summed E-state index contributed by atoms with van der Waals surface area (Å²) in [6.45, 7) is 0. The summed E-state index contributed by atoms with van der Waals surface area (Å²) < 4.78 is 1.77. The van der Waals surface area contributed by atoms with Crippen LogP contribution in [0.25, 0.3) is 16.5 Å². The average Bonchev–Trinajstić information content (AvgIpc) is 2.91. The lowest BCUT2D eigenvalue weighted by Crippen LogP contribution is -1.98. The fourth-order valence-electron chi connectivity index (χ4n) is 2.01. The van der Waals surface area contributed by atoms with E-state index in [4.69, 9.17) is 5.11 Å². The molecule has 0 spiro atoms. The molecule has 3 rings (SSSR count). The third-order valence-electron chi connectivity index (χ3n) is 2.86. The van der Waals surface area contributed by atoms with Crippen molar-refractivity contribution in [2.45, 2.75) is 0 Å². The molecule has 0 aliphatic carbocycles. The van der Waals surface area contributed by atoms with Gasteiger partial charge < -0.3 is 5.11 Å². The van der Waals surface area contributed by atoms with Gasteiger partial charge in [-0.3, -0.25) is 0 Å². The molecule has 0 fully saturated rings. The van der Waals surface area contributed by atoms with Crippen LogP contribution in [-0.2, 0) is 0 Å². The summed E-state index contributed by atoms with van der Waals surface area (Å²) in [7, 11) is 0. The number of carboxylic acid groups (broad SMARTS) is 1. The Hall–Kier alpha value is -2.62. The molecule has 0 aliphatic rings. The van der Waals surface area contributed by atoms with Crippen LogP contribution < -0.4 is 0 Å². The molecular weight excluding hydrogens is 228 g/mol. The lowest BCUT2D eigenvalue weighted by Gasteiger charge is -2.07. The monoisotopic (exact) mass is 238 g/mol. The minimum absolute atomic E-state index is 0.292. The fourth-order valence-corrected chi connectivity index (χ4v) is 2.01. The molecule has 2 aromatic carbocycles. The zero-order valence-corrected chi connectivity index (χ0v) is 9.45. The van der Waals surface area contributed by atoms with Gasteiger partial charge >= 0.3 is 5.97 Å². The highest BCUT2D eigenvalue weighted by atomic mass is 16.4. The second kappa shape index (κ2) is 4.00. The maximum Gasteiger partial charge on any atom is 0.335 e. The van der Waals surface area contributed by atoms with Gasteiger partial charge in [0.25, 0.3) is 0 Å². The Bertz CT molecular complexity index is 718. The Labute approximate surface area is 103 Å². The van der Waals surface area contributed by atoms with Crippen LogP contribution in [0.4, 0.5) is 0 Å². The van der Waals surface area contributed by atoms with E-state index in [1.165, 1.54) is 0 Å². The first-order valence-electron chi connectivity index (χ1n) is 5.52. The smallest absolute Gasteiger partial charge is 0.335 e. The van der Waals surface area contributed by atoms with Crippen LogP contribution in [0.1, 0.15) is 10.4 Å². The average molecular weight is 238 g/mol. The van der Waals surface area contributed by atoms with Crippen LogP contribution >= 0.6 is 0 Å². The van der Waals surface area contributed by atoms with Crippen molar-refractivity contribution < 1.29 is 9.90 Å². The maximum absolute atomic E-state index is 10.9. The van der Waals surface area contributed by atoms with Crippen molar-refractivity contribution in [1.29, 1.82) is 0 Å². The molecule has 3 aromatic rings. The second-order valence-corrected chi connectivity index (χ2v) is 3.97. The number of hydrogen-bond donors (Lipinski definition) is 1. The van der Waals surface area contributed by atoms with Crippen LogP contribution in [0.15, 0.2) is 54.9 Å². The van der Waals surface area contributed by atoms with Gasteiger partial charge in [-0.05, 0) is 29.7 Å². The van der Waals surface area contributed by atoms with Crippen LogP contribution in [0.2, 0.25) is 0 Å². The topological polar surface area (TPSA) is 55.1 Å². The van der Waals surface area contributed by atoms with E-state index in [1.807, 2.05) is 36.5 Å². The van der Waals surface area contributed by atoms with Crippen molar-refractivity contribution in [3.63, 3.8) is 0 Å². The molecule has 4 heteroatoms. The summed E-state index contributed by atoms with van der Waals surface area (Å²) in [5.41, 5.74) is 1.23. The molecule has 0 radical (unpaired) electrons. The first-order chi connectivity index (χ1) is 8.75. The highest BCUT2D eigenvalue weighted by Crippen LogP contribution is 2.23. The number of nitrogens with zero attached hydrogens (tertiary/aromatic N) is 2. The van der Waals surface area contributed by atoms with Crippen molar-refractivity contribution in [2.24, 2.45) is 0 Å². The molecule has 0 saturated heterocycles. The Balaban J connectivity index is 2.26. The lowest BCUT2D eigenvalue weighted by molar-refractivity contribution is 0.0697. The Morgan fingerprint density at radius 3 is 2.78 bits per heavy atom. The van der Waals surface area contributed by atoms with E-state index in [0.717, 1.165) is 16.5 Å². The number of carboxylic acids is 1. The predicted octanol–water partition coefficient (Wildman–Crippen LogP) is 2.72. The molecule has 0 amide bonds. The molecule has 1 heterocycles. The zero-order chi connectivity index (χ0) is 12.5. The largest absolute Gasteiger partial charge is 0.478 e. The molecular formula is C14H10N2O2. The summed E-state index contributed by atoms with van der Waals surface area (Å²) in [6, 6.07) is 12.7. The summed E-state index contributed by atoms with van der Waals surface area (Å²) in [4.78, 5) is 10.9. The lowest BCUT2D eigenvalue weighted by atomic mass is 10.1. The fraction of sp³-hybridized carbons (Fsp3) is 0. The van der Waals surface area contributed by atoms with Crippen molar-refractivity contribution >= 4 is 16.7 Å². The molecule has 1 N–H and O–H groups in total. The van der Waals surface area contributed by atoms with Crippen molar-refractivity contribution in [2.75, 3.05) is 0 Å². The standard InChI is InChI=1S/C14H10N2O2/c17-14(18)11-5-6-12-10(9-11)3-1-4-13(12)16-8-2-7-15-16/h1-9H,(H,17,18). The quantitative estimate of drug-likeness (QED) is 0.746. The number of rotatable bonds is 2. The minimum Gasteiger partial charge on any atom is -0.478 e. The normalized spacial score (nSPS) is 10.7. The molecule has 0 saturated carbocycles. The molecule has 18 heavy (non-hydrogen) atoms. The Morgan fingerprint density at radius 2 is 2.06 bits per heavy atom. The minimum atomic E-state index is -0.915. The number of aromatic nitrogens is 2. The first kappa shape index (κ1) is 10.5. The second-order valence-electron chi connectivity index (χ2n) is 3.97. The molecule has 0 aliphatic heterocycles. The highest BCUT2D eigenvalue weighted by molar-refractivity contribution is 5.97. The third kappa shape index (κ3) is 1.64. The SMILES string of the molecule is O=C(O)c1ccc2c(-n3cccn3)cccc2c1. The van der Waals surface area contributed by atoms with E-state index in [-0.39, 0.29) is 0 Å². The molecule has 4 nitrogen and oxygen atoms in total. The van der Waals surface area contributed by atoms with Gasteiger partial charge in [-0.2, -0.15) is 5.10 Å². The van der Waals surface area contributed by atoms with Crippen molar-refractivity contribution in [1.82, 2.24) is 9.78 Å². The van der Waals surface area contributed by atoms with Gasteiger partial charge in [0.05, 0.1) is 11.3 Å². The molecule has 0 unspecified atom stereocenters. The highest BCUT2D eigenvalue weighted by Gasteiger charge is 2.07. The van der Waals surface area contributed by atoms with E-state index in [1.54, 1.807) is 23.0 Å². The summed E-state index contributed by atoms with van der Waals surface area (Å²) in [5.74, 6) is -0.915. The number of benzene rings is 2. The number of carbonyl (C=O) groups is 1. The van der Waals surface area contributed by atoms with Gasteiger partial charge in [0.1, 0.15) is 0 Å². The number of aromatic carboxylic acids is 1. The van der Waals surface area contributed by atoms with Crippen molar-refractivity contribution in [3.8, 4) is 5.69 Å². The van der Waals surface area contributed by atoms with Crippen LogP contribution in [0.5, 0.6) is 0 Å². The van der Waals surface area contributed by atoms with Gasteiger partial charge in [0.15, 0.2) is 0 Å². The van der Waals surface area contributed by atoms with Gasteiger partial charge in [-0.25, -0.2) is 9.48 Å².